The largest absolute Gasteiger partial charge is 0.273 e. The van der Waals surface area contributed by atoms with Gasteiger partial charge in [-0.05, 0) is 42.3 Å². The van der Waals surface area contributed by atoms with Gasteiger partial charge in [0.2, 0.25) is 0 Å². The summed E-state index contributed by atoms with van der Waals surface area (Å²) in [6.07, 6.45) is 0.851. The lowest BCUT2D eigenvalue weighted by Gasteiger charge is -2.09. The number of rotatable bonds is 5. The Labute approximate surface area is 134 Å². The summed E-state index contributed by atoms with van der Waals surface area (Å²) in [7, 11) is -3.94. The van der Waals surface area contributed by atoms with Crippen LogP contribution in [0.5, 0.6) is 0 Å². The fraction of sp³-hybridized carbons (Fsp3) is 0.125. The molecule has 0 aliphatic carbocycles. The maximum absolute atomic E-state index is 12.1. The summed E-state index contributed by atoms with van der Waals surface area (Å²) in [5.41, 5.74) is 3.79. The molecule has 0 spiro atoms. The quantitative estimate of drug-likeness (QED) is 0.816. The SMILES string of the molecule is CCc1ccc(C(=O)NNS(=O)(=O)c2cccc(C#N)c2)cc1. The molecule has 2 N–H and O–H groups in total. The number of sulfonamides is 1. The predicted octanol–water partition coefficient (Wildman–Crippen LogP) is 1.74. The molecule has 2 rings (SSSR count). The van der Waals surface area contributed by atoms with E-state index in [1.165, 1.54) is 24.3 Å². The molecule has 7 heteroatoms. The van der Waals surface area contributed by atoms with Gasteiger partial charge in [0.25, 0.3) is 15.9 Å². The lowest BCUT2D eigenvalue weighted by atomic mass is 10.1. The number of nitrogens with zero attached hydrogens (tertiary/aromatic N) is 1. The summed E-state index contributed by atoms with van der Waals surface area (Å²) in [5.74, 6) is -0.562. The van der Waals surface area contributed by atoms with Crippen molar-refractivity contribution in [1.29, 1.82) is 5.26 Å². The first-order chi connectivity index (χ1) is 11.0. The maximum Gasteiger partial charge on any atom is 0.266 e. The molecule has 2 aromatic carbocycles. The lowest BCUT2D eigenvalue weighted by molar-refractivity contribution is 0.0945. The molecule has 6 nitrogen and oxygen atoms in total. The zero-order chi connectivity index (χ0) is 16.9. The molecule has 0 aromatic heterocycles. The molecule has 0 bridgehead atoms. The fourth-order valence-electron chi connectivity index (χ4n) is 1.87. The Bertz CT molecular complexity index is 853. The molecule has 0 atom stereocenters. The third-order valence-corrected chi connectivity index (χ3v) is 4.44. The Kier molecular flexibility index (Phi) is 5.11. The van der Waals surface area contributed by atoms with Crippen LogP contribution in [0.2, 0.25) is 0 Å². The van der Waals surface area contributed by atoms with Crippen molar-refractivity contribution in [1.82, 2.24) is 10.3 Å². The third kappa shape index (κ3) is 4.16. The molecule has 2 aromatic rings. The molecule has 1 amide bonds. The monoisotopic (exact) mass is 329 g/mol. The Morgan fingerprint density at radius 1 is 1.17 bits per heavy atom. The molecule has 0 saturated carbocycles. The van der Waals surface area contributed by atoms with Gasteiger partial charge in [-0.15, -0.1) is 4.83 Å². The molecule has 0 heterocycles. The van der Waals surface area contributed by atoms with Gasteiger partial charge in [-0.2, -0.15) is 5.26 Å². The highest BCUT2D eigenvalue weighted by Gasteiger charge is 2.16. The molecule has 0 saturated heterocycles. The van der Waals surface area contributed by atoms with Crippen LogP contribution in [-0.2, 0) is 16.4 Å². The van der Waals surface area contributed by atoms with E-state index in [0.717, 1.165) is 12.0 Å². The van der Waals surface area contributed by atoms with Crippen LogP contribution in [0.1, 0.15) is 28.4 Å². The fourth-order valence-corrected chi connectivity index (χ4v) is 2.75. The maximum atomic E-state index is 12.1. The van der Waals surface area contributed by atoms with Crippen molar-refractivity contribution < 1.29 is 13.2 Å². The van der Waals surface area contributed by atoms with Gasteiger partial charge in [-0.1, -0.05) is 25.1 Å². The summed E-state index contributed by atoms with van der Waals surface area (Å²) < 4.78 is 24.2. The van der Waals surface area contributed by atoms with E-state index in [9.17, 15) is 13.2 Å². The molecule has 0 radical (unpaired) electrons. The number of nitrogens with one attached hydrogen (secondary N) is 2. The van der Waals surface area contributed by atoms with Crippen molar-refractivity contribution in [2.24, 2.45) is 0 Å². The van der Waals surface area contributed by atoms with Gasteiger partial charge in [0.05, 0.1) is 16.5 Å². The van der Waals surface area contributed by atoms with Gasteiger partial charge in [0.15, 0.2) is 0 Å². The predicted molar refractivity (Wildman–Crippen MR) is 84.8 cm³/mol. The first-order valence-electron chi connectivity index (χ1n) is 6.87. The van der Waals surface area contributed by atoms with Crippen LogP contribution in [0, 0.1) is 11.3 Å². The molecule has 23 heavy (non-hydrogen) atoms. The third-order valence-electron chi connectivity index (χ3n) is 3.20. The normalized spacial score (nSPS) is 10.8. The van der Waals surface area contributed by atoms with E-state index in [1.54, 1.807) is 24.3 Å². The molecule has 118 valence electrons. The van der Waals surface area contributed by atoms with Gasteiger partial charge in [-0.3, -0.25) is 10.2 Å². The van der Waals surface area contributed by atoms with E-state index in [2.05, 4.69) is 5.43 Å². The average Bonchev–Trinajstić information content (AvgIpc) is 2.60. The summed E-state index contributed by atoms with van der Waals surface area (Å²) in [5, 5.41) is 8.80. The Balaban J connectivity index is 2.09. The number of benzene rings is 2. The highest BCUT2D eigenvalue weighted by Crippen LogP contribution is 2.10. The second kappa shape index (κ2) is 7.05. The van der Waals surface area contributed by atoms with Crippen LogP contribution in [-0.4, -0.2) is 14.3 Å². The summed E-state index contributed by atoms with van der Waals surface area (Å²) in [6, 6.07) is 14.2. The number of carbonyl (C=O) groups is 1. The molecule has 0 aliphatic rings. The summed E-state index contributed by atoms with van der Waals surface area (Å²) in [6.45, 7) is 2.00. The number of hydrazine groups is 1. The zero-order valence-corrected chi connectivity index (χ0v) is 13.2. The van der Waals surface area contributed by atoms with Gasteiger partial charge < -0.3 is 0 Å². The first kappa shape index (κ1) is 16.7. The van der Waals surface area contributed by atoms with Crippen LogP contribution in [0.25, 0.3) is 0 Å². The Morgan fingerprint density at radius 3 is 2.48 bits per heavy atom. The van der Waals surface area contributed by atoms with Crippen LogP contribution in [0.3, 0.4) is 0 Å². The average molecular weight is 329 g/mol. The summed E-state index contributed by atoms with van der Waals surface area (Å²) >= 11 is 0. The first-order valence-corrected chi connectivity index (χ1v) is 8.36. The molecule has 0 fully saturated rings. The molecule has 0 aliphatic heterocycles. The van der Waals surface area contributed by atoms with E-state index >= 15 is 0 Å². The van der Waals surface area contributed by atoms with Crippen LogP contribution in [0.4, 0.5) is 0 Å². The highest BCUT2D eigenvalue weighted by molar-refractivity contribution is 7.89. The van der Waals surface area contributed by atoms with Crippen molar-refractivity contribution in [3.8, 4) is 6.07 Å². The minimum Gasteiger partial charge on any atom is -0.273 e. The van der Waals surface area contributed by atoms with E-state index < -0.39 is 15.9 Å². The number of aryl methyl sites for hydroxylation is 1. The number of hydrogen-bond acceptors (Lipinski definition) is 4. The van der Waals surface area contributed by atoms with E-state index in [-0.39, 0.29) is 10.5 Å². The van der Waals surface area contributed by atoms with E-state index in [4.69, 9.17) is 5.26 Å². The van der Waals surface area contributed by atoms with E-state index in [1.807, 2.05) is 17.8 Å². The molecule has 0 unspecified atom stereocenters. The van der Waals surface area contributed by atoms with Gasteiger partial charge >= 0.3 is 0 Å². The zero-order valence-electron chi connectivity index (χ0n) is 12.4. The van der Waals surface area contributed by atoms with Crippen molar-refractivity contribution in [3.05, 3.63) is 65.2 Å². The summed E-state index contributed by atoms with van der Waals surface area (Å²) in [4.78, 5) is 13.9. The van der Waals surface area contributed by atoms with Gasteiger partial charge in [-0.25, -0.2) is 8.42 Å². The molecular weight excluding hydrogens is 314 g/mol. The Morgan fingerprint density at radius 2 is 1.87 bits per heavy atom. The second-order valence-corrected chi connectivity index (χ2v) is 6.43. The van der Waals surface area contributed by atoms with E-state index in [0.29, 0.717) is 5.56 Å². The Hall–Kier alpha value is -2.69. The lowest BCUT2D eigenvalue weighted by Crippen LogP contribution is -2.41. The number of amides is 1. The second-order valence-electron chi connectivity index (χ2n) is 4.75. The van der Waals surface area contributed by atoms with Crippen molar-refractivity contribution in [3.63, 3.8) is 0 Å². The van der Waals surface area contributed by atoms with Gasteiger partial charge in [0.1, 0.15) is 0 Å². The highest BCUT2D eigenvalue weighted by atomic mass is 32.2. The van der Waals surface area contributed by atoms with Crippen LogP contribution >= 0.6 is 0 Å². The number of nitriles is 1. The smallest absolute Gasteiger partial charge is 0.266 e. The van der Waals surface area contributed by atoms with Crippen LogP contribution in [0.15, 0.2) is 53.4 Å². The number of carbonyl (C=O) groups excluding carboxylic acids is 1. The van der Waals surface area contributed by atoms with Gasteiger partial charge in [0, 0.05) is 5.56 Å². The molecular formula is C16H15N3O3S. The van der Waals surface area contributed by atoms with Crippen LogP contribution < -0.4 is 10.3 Å². The van der Waals surface area contributed by atoms with Crippen molar-refractivity contribution >= 4 is 15.9 Å². The topological polar surface area (TPSA) is 99.1 Å². The standard InChI is InChI=1S/C16H15N3O3S/c1-2-12-6-8-14(9-7-12)16(20)18-19-23(21,22)15-5-3-4-13(10-15)11-17/h3-10,19H,2H2,1H3,(H,18,20). The number of hydrogen-bond donors (Lipinski definition) is 2. The minimum absolute atomic E-state index is 0.0989. The van der Waals surface area contributed by atoms with Crippen molar-refractivity contribution in [2.75, 3.05) is 0 Å². The van der Waals surface area contributed by atoms with Crippen molar-refractivity contribution in [2.45, 2.75) is 18.2 Å². The minimum atomic E-state index is -3.94.